The number of hydrogen-bond donors (Lipinski definition) is 1. The van der Waals surface area contributed by atoms with Gasteiger partial charge in [-0.2, -0.15) is 4.99 Å². The van der Waals surface area contributed by atoms with Crippen LogP contribution < -0.4 is 10.5 Å². The Kier molecular flexibility index (Phi) is 7.81. The van der Waals surface area contributed by atoms with Gasteiger partial charge < -0.3 is 15.4 Å². The number of nitrogens with zero attached hydrogens (tertiary/aromatic N) is 4. The van der Waals surface area contributed by atoms with Crippen molar-refractivity contribution >= 4 is 27.8 Å². The van der Waals surface area contributed by atoms with E-state index < -0.39 is 0 Å². The first-order valence-electron chi connectivity index (χ1n) is 9.10. The number of aliphatic imine (C=N–C) groups is 1. The normalized spacial score (nSPS) is 17.4. The van der Waals surface area contributed by atoms with E-state index in [1.807, 2.05) is 13.8 Å². The minimum absolute atomic E-state index is 0.0897. The van der Waals surface area contributed by atoms with Gasteiger partial charge in [0.1, 0.15) is 10.4 Å². The molecule has 26 heavy (non-hydrogen) atoms. The Labute approximate surface area is 163 Å². The molecule has 0 aliphatic carbocycles. The van der Waals surface area contributed by atoms with Gasteiger partial charge >= 0.3 is 6.03 Å². The van der Waals surface area contributed by atoms with Gasteiger partial charge in [-0.05, 0) is 47.0 Å². The van der Waals surface area contributed by atoms with Gasteiger partial charge in [-0.3, -0.25) is 0 Å². The highest BCUT2D eigenvalue weighted by Gasteiger charge is 2.26. The average Bonchev–Trinajstić information content (AvgIpc) is 2.63. The second-order valence-corrected chi connectivity index (χ2v) is 7.90. The summed E-state index contributed by atoms with van der Waals surface area (Å²) < 4.78 is 6.35. The van der Waals surface area contributed by atoms with Gasteiger partial charge in [-0.15, -0.1) is 0 Å². The van der Waals surface area contributed by atoms with Crippen LogP contribution in [0.15, 0.2) is 22.0 Å². The van der Waals surface area contributed by atoms with E-state index in [2.05, 4.69) is 37.8 Å². The topological polar surface area (TPSA) is 93.7 Å². The number of nitrogens with two attached hydrogens (primary N) is 1. The largest absolute Gasteiger partial charge is 0.477 e. The Balaban J connectivity index is 1.72. The highest BCUT2D eigenvalue weighted by atomic mass is 79.9. The number of ether oxygens (including phenoxy) is 1. The van der Waals surface area contributed by atoms with E-state index >= 15 is 0 Å². The highest BCUT2D eigenvalue weighted by Crippen LogP contribution is 2.27. The fourth-order valence-electron chi connectivity index (χ4n) is 2.93. The van der Waals surface area contributed by atoms with E-state index in [-0.39, 0.29) is 11.9 Å². The average molecular weight is 426 g/mol. The summed E-state index contributed by atoms with van der Waals surface area (Å²) in [5.41, 5.74) is 5.79. The number of amides is 2. The molecule has 1 saturated heterocycles. The van der Waals surface area contributed by atoms with E-state index in [0.29, 0.717) is 34.8 Å². The fraction of sp³-hybridized carbons (Fsp3) is 0.667. The van der Waals surface area contributed by atoms with Crippen molar-refractivity contribution in [3.8, 4) is 5.88 Å². The zero-order valence-electron chi connectivity index (χ0n) is 15.7. The predicted molar refractivity (Wildman–Crippen MR) is 105 cm³/mol. The fourth-order valence-corrected chi connectivity index (χ4v) is 3.13. The summed E-state index contributed by atoms with van der Waals surface area (Å²) in [5.74, 6) is 2.15. The van der Waals surface area contributed by atoms with Crippen LogP contribution in [-0.2, 0) is 0 Å². The lowest BCUT2D eigenvalue weighted by Crippen LogP contribution is -2.39. The summed E-state index contributed by atoms with van der Waals surface area (Å²) in [6.07, 6.45) is 6.17. The summed E-state index contributed by atoms with van der Waals surface area (Å²) in [4.78, 5) is 26.2. The molecule has 2 N–H and O–H groups in total. The molecule has 1 aliphatic heterocycles. The molecule has 2 heterocycles. The molecule has 8 heteroatoms. The molecule has 1 aromatic heterocycles. The Morgan fingerprint density at radius 3 is 2.62 bits per heavy atom. The van der Waals surface area contributed by atoms with Crippen molar-refractivity contribution in [2.24, 2.45) is 28.5 Å². The second-order valence-electron chi connectivity index (χ2n) is 7.09. The summed E-state index contributed by atoms with van der Waals surface area (Å²) in [6.45, 7) is 8.20. The van der Waals surface area contributed by atoms with Crippen molar-refractivity contribution in [3.63, 3.8) is 0 Å². The highest BCUT2D eigenvalue weighted by molar-refractivity contribution is 9.10. The lowest BCUT2D eigenvalue weighted by Gasteiger charge is -2.34. The summed E-state index contributed by atoms with van der Waals surface area (Å²) in [7, 11) is 0. The zero-order valence-corrected chi connectivity index (χ0v) is 17.3. The molecule has 144 valence electrons. The second kappa shape index (κ2) is 9.85. The van der Waals surface area contributed by atoms with Crippen LogP contribution in [0.5, 0.6) is 5.88 Å². The van der Waals surface area contributed by atoms with Crippen LogP contribution >= 0.6 is 15.9 Å². The number of urea groups is 1. The monoisotopic (exact) mass is 425 g/mol. The minimum Gasteiger partial charge on any atom is -0.477 e. The first-order valence-corrected chi connectivity index (χ1v) is 9.89. The summed E-state index contributed by atoms with van der Waals surface area (Å²) in [5, 5.41) is 0. The molecule has 2 amide bonds. The molecular formula is C18H28BrN5O2. The van der Waals surface area contributed by atoms with Gasteiger partial charge in [0.25, 0.3) is 0 Å². The van der Waals surface area contributed by atoms with Gasteiger partial charge in [0.15, 0.2) is 0 Å². The van der Waals surface area contributed by atoms with Crippen molar-refractivity contribution in [1.29, 1.82) is 0 Å². The maximum absolute atomic E-state index is 12.2. The van der Waals surface area contributed by atoms with E-state index in [1.54, 1.807) is 17.3 Å². The Morgan fingerprint density at radius 1 is 1.35 bits per heavy atom. The number of rotatable bonds is 6. The molecule has 1 aliphatic rings. The third-order valence-corrected chi connectivity index (χ3v) is 5.26. The van der Waals surface area contributed by atoms with E-state index in [9.17, 15) is 4.79 Å². The Bertz CT molecular complexity index is 613. The number of piperidine rings is 1. The van der Waals surface area contributed by atoms with Gasteiger partial charge in [-0.1, -0.05) is 20.8 Å². The van der Waals surface area contributed by atoms with Crippen LogP contribution in [0.1, 0.15) is 40.0 Å². The van der Waals surface area contributed by atoms with Crippen LogP contribution in [0.2, 0.25) is 0 Å². The van der Waals surface area contributed by atoms with Crippen LogP contribution in [0.4, 0.5) is 4.79 Å². The van der Waals surface area contributed by atoms with Crippen molar-refractivity contribution < 1.29 is 9.53 Å². The van der Waals surface area contributed by atoms with E-state index in [4.69, 9.17) is 10.5 Å². The standard InChI is InChI=1S/C18H28BrN5O2/c1-12(2)17(20)23-18(25)24-7-4-14(5-8-24)13(3)6-9-26-16-11-21-15(19)10-22-16/h10-14H,4-9H2,1-3H3,(H2,20,23,25). The molecule has 1 fully saturated rings. The lowest BCUT2D eigenvalue weighted by atomic mass is 9.84. The van der Waals surface area contributed by atoms with Crippen LogP contribution in [0.3, 0.4) is 0 Å². The van der Waals surface area contributed by atoms with E-state index in [0.717, 1.165) is 32.4 Å². The van der Waals surface area contributed by atoms with Crippen molar-refractivity contribution in [2.45, 2.75) is 40.0 Å². The maximum Gasteiger partial charge on any atom is 0.345 e. The van der Waals surface area contributed by atoms with Crippen LogP contribution in [-0.4, -0.2) is 46.4 Å². The zero-order chi connectivity index (χ0) is 19.1. The van der Waals surface area contributed by atoms with Crippen molar-refractivity contribution in [1.82, 2.24) is 14.9 Å². The molecule has 0 saturated carbocycles. The molecule has 0 radical (unpaired) electrons. The molecule has 1 aromatic rings. The molecule has 0 bridgehead atoms. The molecule has 1 unspecified atom stereocenters. The lowest BCUT2D eigenvalue weighted by molar-refractivity contribution is 0.148. The number of likely N-dealkylation sites (tertiary alicyclic amines) is 1. The van der Waals surface area contributed by atoms with Crippen LogP contribution in [0.25, 0.3) is 0 Å². The third-order valence-electron chi connectivity index (χ3n) is 4.85. The SMILES string of the molecule is CC(C)C(N)=NC(=O)N1CCC(C(C)CCOc2cnc(Br)cn2)CC1. The molecule has 7 nitrogen and oxygen atoms in total. The third kappa shape index (κ3) is 6.23. The number of carbonyl (C=O) groups excluding carboxylic acids is 1. The Morgan fingerprint density at radius 2 is 2.04 bits per heavy atom. The van der Waals surface area contributed by atoms with Crippen molar-refractivity contribution in [3.05, 3.63) is 17.0 Å². The first-order chi connectivity index (χ1) is 12.4. The summed E-state index contributed by atoms with van der Waals surface area (Å²) >= 11 is 3.25. The van der Waals surface area contributed by atoms with Gasteiger partial charge in [0.2, 0.25) is 5.88 Å². The van der Waals surface area contributed by atoms with Crippen molar-refractivity contribution in [2.75, 3.05) is 19.7 Å². The molecule has 1 atom stereocenters. The molecule has 2 rings (SSSR count). The maximum atomic E-state index is 12.2. The van der Waals surface area contributed by atoms with E-state index in [1.165, 1.54) is 0 Å². The predicted octanol–water partition coefficient (Wildman–Crippen LogP) is 3.49. The molecule has 0 aromatic carbocycles. The van der Waals surface area contributed by atoms with Gasteiger partial charge in [0.05, 0.1) is 19.0 Å². The number of aromatic nitrogens is 2. The van der Waals surface area contributed by atoms with Crippen LogP contribution in [0, 0.1) is 17.8 Å². The number of amidine groups is 1. The number of hydrogen-bond acceptors (Lipinski definition) is 4. The quantitative estimate of drug-likeness (QED) is 0.555. The van der Waals surface area contributed by atoms with Gasteiger partial charge in [-0.25, -0.2) is 14.8 Å². The first kappa shape index (κ1) is 20.6. The smallest absolute Gasteiger partial charge is 0.345 e. The molecular weight excluding hydrogens is 398 g/mol. The van der Waals surface area contributed by atoms with Gasteiger partial charge in [0, 0.05) is 19.0 Å². The number of halogens is 1. The molecule has 0 spiro atoms. The minimum atomic E-state index is -0.209. The Hall–Kier alpha value is -1.70. The number of carbonyl (C=O) groups is 1. The summed E-state index contributed by atoms with van der Waals surface area (Å²) in [6, 6.07) is -0.209.